The first-order valence-corrected chi connectivity index (χ1v) is 2.64. The molecule has 0 saturated carbocycles. The molecule has 1 aliphatic heterocycles. The average molecular weight is 115 g/mol. The molecule has 0 radical (unpaired) electrons. The second-order valence-corrected chi connectivity index (χ2v) is 2.05. The van der Waals surface area contributed by atoms with Gasteiger partial charge in [-0.15, -0.1) is 0 Å². The van der Waals surface area contributed by atoms with E-state index < -0.39 is 0 Å². The fourth-order valence-corrected chi connectivity index (χ4v) is 0.643. The zero-order valence-corrected chi connectivity index (χ0v) is 4.76. The van der Waals surface area contributed by atoms with Gasteiger partial charge in [0.05, 0.1) is 18.6 Å². The van der Waals surface area contributed by atoms with Gasteiger partial charge in [-0.3, -0.25) is 4.79 Å². The molecule has 0 unspecified atom stereocenters. The maximum atomic E-state index is 10.1. The first-order valence-electron chi connectivity index (χ1n) is 2.64. The van der Waals surface area contributed by atoms with Crippen molar-refractivity contribution in [2.24, 2.45) is 5.73 Å². The third-order valence-corrected chi connectivity index (χ3v) is 1.24. The zero-order valence-electron chi connectivity index (χ0n) is 4.76. The van der Waals surface area contributed by atoms with Crippen LogP contribution in [0, 0.1) is 0 Å². The van der Waals surface area contributed by atoms with Crippen LogP contribution in [-0.4, -0.2) is 18.1 Å². The number of nitrogens with two attached hydrogens (primary N) is 1. The summed E-state index contributed by atoms with van der Waals surface area (Å²) in [6.07, 6.45) is 0.747. The molecule has 0 aromatic heterocycles. The van der Waals surface area contributed by atoms with Crippen molar-refractivity contribution in [3.63, 3.8) is 0 Å². The van der Waals surface area contributed by atoms with Crippen LogP contribution in [0.4, 0.5) is 0 Å². The monoisotopic (exact) mass is 115 g/mol. The SMILES string of the molecule is C[C@@H]1O[C@H]1CC(N)=O. The Labute approximate surface area is 47.8 Å². The first-order chi connectivity index (χ1) is 3.70. The second kappa shape index (κ2) is 1.74. The largest absolute Gasteiger partial charge is 0.370 e. The fourth-order valence-electron chi connectivity index (χ4n) is 0.643. The molecule has 0 bridgehead atoms. The van der Waals surface area contributed by atoms with Crippen molar-refractivity contribution in [3.8, 4) is 0 Å². The topological polar surface area (TPSA) is 55.6 Å². The van der Waals surface area contributed by atoms with Gasteiger partial charge in [-0.25, -0.2) is 0 Å². The summed E-state index contributed by atoms with van der Waals surface area (Å²) in [6, 6.07) is 0. The van der Waals surface area contributed by atoms with Crippen LogP contribution in [0.3, 0.4) is 0 Å². The summed E-state index contributed by atoms with van der Waals surface area (Å²) in [5, 5.41) is 0. The van der Waals surface area contributed by atoms with Gasteiger partial charge in [-0.1, -0.05) is 0 Å². The van der Waals surface area contributed by atoms with E-state index in [9.17, 15) is 4.79 Å². The van der Waals surface area contributed by atoms with Gasteiger partial charge in [0.15, 0.2) is 0 Å². The van der Waals surface area contributed by atoms with Gasteiger partial charge in [-0.05, 0) is 6.92 Å². The number of primary amides is 1. The van der Waals surface area contributed by atoms with Crippen LogP contribution >= 0.6 is 0 Å². The molecule has 2 atom stereocenters. The van der Waals surface area contributed by atoms with E-state index in [2.05, 4.69) is 0 Å². The summed E-state index contributed by atoms with van der Waals surface area (Å²) in [5.74, 6) is -0.278. The number of carbonyl (C=O) groups is 1. The van der Waals surface area contributed by atoms with E-state index in [4.69, 9.17) is 10.5 Å². The summed E-state index contributed by atoms with van der Waals surface area (Å²) in [7, 11) is 0. The fraction of sp³-hybridized carbons (Fsp3) is 0.800. The Kier molecular flexibility index (Phi) is 1.21. The number of rotatable bonds is 2. The van der Waals surface area contributed by atoms with Crippen LogP contribution in [0.2, 0.25) is 0 Å². The lowest BCUT2D eigenvalue weighted by Gasteiger charge is -1.83. The number of hydrogen-bond acceptors (Lipinski definition) is 2. The normalized spacial score (nSPS) is 34.6. The predicted octanol–water partition coefficient (Wildman–Crippen LogP) is -0.351. The van der Waals surface area contributed by atoms with Gasteiger partial charge >= 0.3 is 0 Å². The third kappa shape index (κ3) is 1.20. The number of carbonyl (C=O) groups excluding carboxylic acids is 1. The Morgan fingerprint density at radius 3 is 2.50 bits per heavy atom. The zero-order chi connectivity index (χ0) is 6.15. The highest BCUT2D eigenvalue weighted by Crippen LogP contribution is 2.23. The van der Waals surface area contributed by atoms with Crippen LogP contribution in [0.5, 0.6) is 0 Å². The lowest BCUT2D eigenvalue weighted by molar-refractivity contribution is -0.118. The third-order valence-electron chi connectivity index (χ3n) is 1.24. The van der Waals surface area contributed by atoms with Crippen LogP contribution in [-0.2, 0) is 9.53 Å². The quantitative estimate of drug-likeness (QED) is 0.500. The molecule has 1 rings (SSSR count). The van der Waals surface area contributed by atoms with Gasteiger partial charge in [0, 0.05) is 0 Å². The van der Waals surface area contributed by atoms with Crippen molar-refractivity contribution < 1.29 is 9.53 Å². The molecule has 0 aromatic rings. The molecule has 8 heavy (non-hydrogen) atoms. The molecule has 1 amide bonds. The summed E-state index contributed by atoms with van der Waals surface area (Å²) in [4.78, 5) is 10.1. The summed E-state index contributed by atoms with van der Waals surface area (Å²) in [6.45, 7) is 1.92. The first kappa shape index (κ1) is 5.56. The molecule has 0 spiro atoms. The summed E-state index contributed by atoms with van der Waals surface area (Å²) < 4.78 is 4.93. The lowest BCUT2D eigenvalue weighted by atomic mass is 10.2. The van der Waals surface area contributed by atoms with Gasteiger partial charge in [0.1, 0.15) is 0 Å². The molecule has 1 aliphatic rings. The predicted molar refractivity (Wildman–Crippen MR) is 28.1 cm³/mol. The van der Waals surface area contributed by atoms with Crippen molar-refractivity contribution in [1.29, 1.82) is 0 Å². The van der Waals surface area contributed by atoms with Crippen LogP contribution in [0.1, 0.15) is 13.3 Å². The minimum atomic E-state index is -0.278. The molecule has 3 heteroatoms. The highest BCUT2D eigenvalue weighted by Gasteiger charge is 2.34. The van der Waals surface area contributed by atoms with Crippen molar-refractivity contribution >= 4 is 5.91 Å². The average Bonchev–Trinajstić information content (AvgIpc) is 2.17. The van der Waals surface area contributed by atoms with E-state index in [1.807, 2.05) is 6.92 Å². The van der Waals surface area contributed by atoms with Crippen molar-refractivity contribution in [1.82, 2.24) is 0 Å². The lowest BCUT2D eigenvalue weighted by Crippen LogP contribution is -2.13. The number of hydrogen-bond donors (Lipinski definition) is 1. The maximum Gasteiger partial charge on any atom is 0.220 e. The molecule has 2 N–H and O–H groups in total. The Morgan fingerprint density at radius 2 is 2.38 bits per heavy atom. The van der Waals surface area contributed by atoms with Gasteiger partial charge in [0.25, 0.3) is 0 Å². The van der Waals surface area contributed by atoms with E-state index in [1.54, 1.807) is 0 Å². The van der Waals surface area contributed by atoms with Crippen molar-refractivity contribution in [3.05, 3.63) is 0 Å². The van der Waals surface area contributed by atoms with E-state index >= 15 is 0 Å². The van der Waals surface area contributed by atoms with E-state index in [0.717, 1.165) is 0 Å². The molecule has 1 heterocycles. The Hall–Kier alpha value is -0.570. The molecule has 1 saturated heterocycles. The minimum absolute atomic E-state index is 0.118. The van der Waals surface area contributed by atoms with Crippen molar-refractivity contribution in [2.45, 2.75) is 25.6 Å². The second-order valence-electron chi connectivity index (χ2n) is 2.05. The smallest absolute Gasteiger partial charge is 0.220 e. The molecular formula is C5H9NO2. The van der Waals surface area contributed by atoms with Crippen LogP contribution in [0.15, 0.2) is 0 Å². The molecule has 46 valence electrons. The summed E-state index contributed by atoms with van der Waals surface area (Å²) >= 11 is 0. The van der Waals surface area contributed by atoms with E-state index in [0.29, 0.717) is 6.42 Å². The summed E-state index contributed by atoms with van der Waals surface area (Å²) in [5.41, 5.74) is 4.88. The molecule has 0 aliphatic carbocycles. The molecule has 0 aromatic carbocycles. The van der Waals surface area contributed by atoms with Crippen molar-refractivity contribution in [2.75, 3.05) is 0 Å². The van der Waals surface area contributed by atoms with Gasteiger partial charge in [0.2, 0.25) is 5.91 Å². The number of amides is 1. The molecular weight excluding hydrogens is 106 g/mol. The maximum absolute atomic E-state index is 10.1. The van der Waals surface area contributed by atoms with Crippen LogP contribution < -0.4 is 5.73 Å². The van der Waals surface area contributed by atoms with Gasteiger partial charge in [-0.2, -0.15) is 0 Å². The minimum Gasteiger partial charge on any atom is -0.370 e. The molecule has 3 nitrogen and oxygen atoms in total. The molecule has 1 fully saturated rings. The van der Waals surface area contributed by atoms with E-state index in [1.165, 1.54) is 0 Å². The Morgan fingerprint density at radius 1 is 1.88 bits per heavy atom. The van der Waals surface area contributed by atoms with E-state index in [-0.39, 0.29) is 18.1 Å². The van der Waals surface area contributed by atoms with Gasteiger partial charge < -0.3 is 10.5 Å². The number of ether oxygens (including phenoxy) is 1. The standard InChI is InChI=1S/C5H9NO2/c1-3-4(8-3)2-5(6)7/h3-4H,2H2,1H3,(H2,6,7)/t3-,4-/m0/s1. The highest BCUT2D eigenvalue weighted by atomic mass is 16.6. The highest BCUT2D eigenvalue weighted by molar-refractivity contribution is 5.74. The Bertz CT molecular complexity index is 113. The Balaban J connectivity index is 2.14. The van der Waals surface area contributed by atoms with Crippen LogP contribution in [0.25, 0.3) is 0 Å². The number of epoxide rings is 1.